The van der Waals surface area contributed by atoms with Crippen molar-refractivity contribution >= 4 is 17.5 Å². The van der Waals surface area contributed by atoms with Crippen molar-refractivity contribution in [2.24, 2.45) is 0 Å². The Kier molecular flexibility index (Phi) is 4.30. The van der Waals surface area contributed by atoms with Gasteiger partial charge in [-0.1, -0.05) is 12.1 Å². The maximum absolute atomic E-state index is 12.0. The maximum Gasteiger partial charge on any atom is 0.405 e. The van der Waals surface area contributed by atoms with E-state index in [4.69, 9.17) is 0 Å². The predicted molar refractivity (Wildman–Crippen MR) is 59.1 cm³/mol. The van der Waals surface area contributed by atoms with Crippen LogP contribution in [-0.4, -0.2) is 24.5 Å². The van der Waals surface area contributed by atoms with Crippen LogP contribution >= 0.6 is 0 Å². The number of alkyl halides is 3. The van der Waals surface area contributed by atoms with Crippen LogP contribution in [0.2, 0.25) is 0 Å². The first-order valence-corrected chi connectivity index (χ1v) is 5.01. The molecule has 18 heavy (non-hydrogen) atoms. The van der Waals surface area contributed by atoms with Gasteiger partial charge in [-0.3, -0.25) is 9.59 Å². The molecule has 98 valence electrons. The number of anilines is 1. The number of amides is 2. The van der Waals surface area contributed by atoms with Crippen molar-refractivity contribution in [3.8, 4) is 0 Å². The van der Waals surface area contributed by atoms with Gasteiger partial charge in [-0.05, 0) is 12.1 Å². The molecular weight excluding hydrogens is 249 g/mol. The van der Waals surface area contributed by atoms with E-state index in [-0.39, 0.29) is 11.3 Å². The van der Waals surface area contributed by atoms with Crippen LogP contribution in [0.15, 0.2) is 24.3 Å². The summed E-state index contributed by atoms with van der Waals surface area (Å²) in [6, 6.07) is 5.82. The number of para-hydroxylation sites is 1. The molecule has 0 aliphatic rings. The van der Waals surface area contributed by atoms with Gasteiger partial charge in [0, 0.05) is 6.92 Å². The smallest absolute Gasteiger partial charge is 0.343 e. The first kappa shape index (κ1) is 14.0. The molecule has 0 fully saturated rings. The lowest BCUT2D eigenvalue weighted by molar-refractivity contribution is -0.123. The molecule has 0 saturated heterocycles. The highest BCUT2D eigenvalue weighted by molar-refractivity contribution is 6.03. The van der Waals surface area contributed by atoms with Gasteiger partial charge in [-0.25, -0.2) is 0 Å². The number of carbonyl (C=O) groups is 2. The van der Waals surface area contributed by atoms with E-state index >= 15 is 0 Å². The Morgan fingerprint density at radius 2 is 1.83 bits per heavy atom. The second-order valence-electron chi connectivity index (χ2n) is 3.52. The third kappa shape index (κ3) is 4.44. The summed E-state index contributed by atoms with van der Waals surface area (Å²) in [5.74, 6) is -1.30. The van der Waals surface area contributed by atoms with Crippen molar-refractivity contribution in [3.63, 3.8) is 0 Å². The molecule has 0 aromatic heterocycles. The average Bonchev–Trinajstić information content (AvgIpc) is 2.25. The quantitative estimate of drug-likeness (QED) is 0.872. The standard InChI is InChI=1S/C11H11F3N2O2/c1-7(17)16-9-5-3-2-4-8(9)10(18)15-6-11(12,13)14/h2-5H,6H2,1H3,(H,15,18)(H,16,17). The molecule has 0 atom stereocenters. The molecule has 0 saturated carbocycles. The molecule has 0 radical (unpaired) electrons. The van der Waals surface area contributed by atoms with Crippen LogP contribution in [0.25, 0.3) is 0 Å². The lowest BCUT2D eigenvalue weighted by Crippen LogP contribution is -2.34. The van der Waals surface area contributed by atoms with E-state index in [1.165, 1.54) is 25.1 Å². The molecule has 4 nitrogen and oxygen atoms in total. The Morgan fingerprint density at radius 1 is 1.22 bits per heavy atom. The molecule has 0 heterocycles. The minimum absolute atomic E-state index is 0.0167. The maximum atomic E-state index is 12.0. The summed E-state index contributed by atoms with van der Waals surface area (Å²) >= 11 is 0. The molecule has 0 bridgehead atoms. The third-order valence-corrected chi connectivity index (χ3v) is 1.93. The molecule has 0 spiro atoms. The van der Waals surface area contributed by atoms with Crippen molar-refractivity contribution in [1.29, 1.82) is 0 Å². The van der Waals surface area contributed by atoms with E-state index in [1.807, 2.05) is 0 Å². The monoisotopic (exact) mass is 260 g/mol. The van der Waals surface area contributed by atoms with Crippen LogP contribution in [0.5, 0.6) is 0 Å². The Morgan fingerprint density at radius 3 is 2.39 bits per heavy atom. The molecule has 2 N–H and O–H groups in total. The molecule has 1 aromatic carbocycles. The number of halogens is 3. The van der Waals surface area contributed by atoms with E-state index in [0.717, 1.165) is 0 Å². The van der Waals surface area contributed by atoms with Crippen LogP contribution in [-0.2, 0) is 4.79 Å². The van der Waals surface area contributed by atoms with Gasteiger partial charge < -0.3 is 10.6 Å². The molecular formula is C11H11F3N2O2. The fourth-order valence-corrected chi connectivity index (χ4v) is 1.26. The fourth-order valence-electron chi connectivity index (χ4n) is 1.26. The highest BCUT2D eigenvalue weighted by Gasteiger charge is 2.28. The Balaban J connectivity index is 2.82. The summed E-state index contributed by atoms with van der Waals surface area (Å²) in [5.41, 5.74) is 0.154. The Bertz CT molecular complexity index is 458. The number of carbonyl (C=O) groups excluding carboxylic acids is 2. The van der Waals surface area contributed by atoms with Gasteiger partial charge in [0.05, 0.1) is 11.3 Å². The highest BCUT2D eigenvalue weighted by Crippen LogP contribution is 2.16. The van der Waals surface area contributed by atoms with E-state index in [1.54, 1.807) is 11.4 Å². The van der Waals surface area contributed by atoms with Crippen LogP contribution in [0.1, 0.15) is 17.3 Å². The SMILES string of the molecule is CC(=O)Nc1ccccc1C(=O)NCC(F)(F)F. The van der Waals surface area contributed by atoms with E-state index in [9.17, 15) is 22.8 Å². The number of nitrogens with one attached hydrogen (secondary N) is 2. The van der Waals surface area contributed by atoms with E-state index in [0.29, 0.717) is 0 Å². The molecule has 2 amide bonds. The first-order chi connectivity index (χ1) is 8.29. The molecule has 0 aliphatic heterocycles. The number of rotatable bonds is 3. The average molecular weight is 260 g/mol. The zero-order chi connectivity index (χ0) is 13.8. The van der Waals surface area contributed by atoms with Crippen molar-refractivity contribution in [3.05, 3.63) is 29.8 Å². The zero-order valence-corrected chi connectivity index (χ0v) is 9.47. The lowest BCUT2D eigenvalue weighted by Gasteiger charge is -2.11. The zero-order valence-electron chi connectivity index (χ0n) is 9.47. The van der Waals surface area contributed by atoms with Gasteiger partial charge in [0.1, 0.15) is 6.54 Å². The van der Waals surface area contributed by atoms with E-state index in [2.05, 4.69) is 5.32 Å². The predicted octanol–water partition coefficient (Wildman–Crippen LogP) is 1.94. The van der Waals surface area contributed by atoms with Gasteiger partial charge in [0.15, 0.2) is 0 Å². The van der Waals surface area contributed by atoms with Crippen molar-refractivity contribution in [1.82, 2.24) is 5.32 Å². The number of benzene rings is 1. The van der Waals surface area contributed by atoms with Gasteiger partial charge in [-0.15, -0.1) is 0 Å². The second-order valence-corrected chi connectivity index (χ2v) is 3.52. The van der Waals surface area contributed by atoms with Gasteiger partial charge in [-0.2, -0.15) is 13.2 Å². The molecule has 1 rings (SSSR count). The van der Waals surface area contributed by atoms with Crippen molar-refractivity contribution < 1.29 is 22.8 Å². The summed E-state index contributed by atoms with van der Waals surface area (Å²) in [4.78, 5) is 22.4. The summed E-state index contributed by atoms with van der Waals surface area (Å²) in [5, 5.41) is 4.11. The largest absolute Gasteiger partial charge is 0.405 e. The molecule has 0 aliphatic carbocycles. The normalized spacial score (nSPS) is 10.9. The van der Waals surface area contributed by atoms with Gasteiger partial charge in [0.2, 0.25) is 5.91 Å². The fraction of sp³-hybridized carbons (Fsp3) is 0.273. The molecule has 1 aromatic rings. The van der Waals surface area contributed by atoms with Gasteiger partial charge in [0.25, 0.3) is 5.91 Å². The van der Waals surface area contributed by atoms with Crippen LogP contribution in [0.4, 0.5) is 18.9 Å². The molecule has 0 unspecified atom stereocenters. The Labute approximate surface area is 101 Å². The highest BCUT2D eigenvalue weighted by atomic mass is 19.4. The van der Waals surface area contributed by atoms with Crippen molar-refractivity contribution in [2.75, 3.05) is 11.9 Å². The third-order valence-electron chi connectivity index (χ3n) is 1.93. The van der Waals surface area contributed by atoms with Crippen LogP contribution in [0, 0.1) is 0 Å². The first-order valence-electron chi connectivity index (χ1n) is 5.01. The minimum atomic E-state index is -4.47. The summed E-state index contributed by atoms with van der Waals surface area (Å²) in [6.07, 6.45) is -4.47. The minimum Gasteiger partial charge on any atom is -0.343 e. The topological polar surface area (TPSA) is 58.2 Å². The van der Waals surface area contributed by atoms with E-state index < -0.39 is 24.5 Å². The summed E-state index contributed by atoms with van der Waals surface area (Å²) in [7, 11) is 0. The van der Waals surface area contributed by atoms with Crippen molar-refractivity contribution in [2.45, 2.75) is 13.1 Å². The van der Waals surface area contributed by atoms with Crippen LogP contribution in [0.3, 0.4) is 0 Å². The number of hydrogen-bond donors (Lipinski definition) is 2. The lowest BCUT2D eigenvalue weighted by atomic mass is 10.1. The number of hydrogen-bond acceptors (Lipinski definition) is 2. The summed E-state index contributed by atoms with van der Waals surface area (Å²) in [6.45, 7) is -0.176. The molecule has 7 heteroatoms. The summed E-state index contributed by atoms with van der Waals surface area (Å²) < 4.78 is 35.9. The van der Waals surface area contributed by atoms with Gasteiger partial charge >= 0.3 is 6.18 Å². The Hall–Kier alpha value is -2.05. The van der Waals surface area contributed by atoms with Crippen LogP contribution < -0.4 is 10.6 Å². The second kappa shape index (κ2) is 5.52.